The molecule has 0 unspecified atom stereocenters. The van der Waals surface area contributed by atoms with E-state index in [0.717, 1.165) is 17.0 Å². The largest absolute Gasteiger partial charge is 0.494 e. The fourth-order valence-corrected chi connectivity index (χ4v) is 1.61. The lowest BCUT2D eigenvalue weighted by atomic mass is 10.0. The third-order valence-corrected chi connectivity index (χ3v) is 3.21. The van der Waals surface area contributed by atoms with Crippen molar-refractivity contribution >= 4 is 5.69 Å². The number of aliphatic hydroxyl groups excluding tert-OH is 1. The minimum Gasteiger partial charge on any atom is -0.494 e. The van der Waals surface area contributed by atoms with E-state index in [0.29, 0.717) is 13.2 Å². The third kappa shape index (κ3) is 3.62. The smallest absolute Gasteiger partial charge is 0.123 e. The van der Waals surface area contributed by atoms with E-state index in [1.165, 1.54) is 0 Å². The summed E-state index contributed by atoms with van der Waals surface area (Å²) in [5.41, 5.74) is 7.32. The minimum absolute atomic E-state index is 0.107. The minimum atomic E-state index is -0.270. The van der Waals surface area contributed by atoms with Gasteiger partial charge < -0.3 is 15.6 Å². The number of hydrogen-bond donors (Lipinski definition) is 2. The number of rotatable bonds is 6. The zero-order valence-corrected chi connectivity index (χ0v) is 11.7. The first-order valence-corrected chi connectivity index (χ1v) is 6.24. The SMILES string of the molecule is CCOc1ccc(N)cc1CN(C)C(C)(C)CO. The van der Waals surface area contributed by atoms with Crippen molar-refractivity contribution in [3.63, 3.8) is 0 Å². The molecular weight excluding hydrogens is 228 g/mol. The fraction of sp³-hybridized carbons (Fsp3) is 0.571. The van der Waals surface area contributed by atoms with E-state index in [2.05, 4.69) is 4.90 Å². The van der Waals surface area contributed by atoms with Gasteiger partial charge in [0, 0.05) is 23.3 Å². The average Bonchev–Trinajstić information content (AvgIpc) is 2.32. The summed E-state index contributed by atoms with van der Waals surface area (Å²) < 4.78 is 5.59. The van der Waals surface area contributed by atoms with Crippen molar-refractivity contribution in [2.24, 2.45) is 0 Å². The molecule has 0 atom stereocenters. The fourth-order valence-electron chi connectivity index (χ4n) is 1.61. The summed E-state index contributed by atoms with van der Waals surface area (Å²) in [4.78, 5) is 2.09. The van der Waals surface area contributed by atoms with Crippen LogP contribution in [0.4, 0.5) is 5.69 Å². The first-order chi connectivity index (χ1) is 8.40. The van der Waals surface area contributed by atoms with Crippen LogP contribution >= 0.6 is 0 Å². The lowest BCUT2D eigenvalue weighted by molar-refractivity contribution is 0.0727. The number of anilines is 1. The molecule has 0 fully saturated rings. The Kier molecular flexibility index (Phi) is 4.99. The summed E-state index contributed by atoms with van der Waals surface area (Å²) >= 11 is 0. The molecule has 0 aromatic heterocycles. The van der Waals surface area contributed by atoms with Crippen LogP contribution in [-0.2, 0) is 6.54 Å². The summed E-state index contributed by atoms with van der Waals surface area (Å²) in [7, 11) is 1.98. The van der Waals surface area contributed by atoms with E-state index in [1.807, 2.05) is 46.0 Å². The van der Waals surface area contributed by atoms with Gasteiger partial charge in [-0.05, 0) is 46.0 Å². The van der Waals surface area contributed by atoms with Crippen molar-refractivity contribution in [2.75, 3.05) is 26.0 Å². The standard InChI is InChI=1S/C14H24N2O2/c1-5-18-13-7-6-12(15)8-11(13)9-16(4)14(2,3)10-17/h6-8,17H,5,9-10,15H2,1-4H3. The Bertz CT molecular complexity index is 391. The van der Waals surface area contributed by atoms with Gasteiger partial charge in [-0.3, -0.25) is 4.90 Å². The third-order valence-electron chi connectivity index (χ3n) is 3.21. The van der Waals surface area contributed by atoms with E-state index in [4.69, 9.17) is 10.5 Å². The predicted octanol–water partition coefficient (Wildman–Crippen LogP) is 1.87. The lowest BCUT2D eigenvalue weighted by Gasteiger charge is -2.34. The Hall–Kier alpha value is -1.26. The molecule has 4 nitrogen and oxygen atoms in total. The van der Waals surface area contributed by atoms with Gasteiger partial charge in [0.2, 0.25) is 0 Å². The topological polar surface area (TPSA) is 58.7 Å². The van der Waals surface area contributed by atoms with Crippen LogP contribution in [0.25, 0.3) is 0 Å². The molecule has 3 N–H and O–H groups in total. The molecule has 18 heavy (non-hydrogen) atoms. The van der Waals surface area contributed by atoms with E-state index in [-0.39, 0.29) is 12.1 Å². The number of benzene rings is 1. The number of nitrogen functional groups attached to an aromatic ring is 1. The molecule has 0 amide bonds. The van der Waals surface area contributed by atoms with Gasteiger partial charge in [-0.1, -0.05) is 0 Å². The molecule has 0 aliphatic heterocycles. The first-order valence-electron chi connectivity index (χ1n) is 6.24. The zero-order chi connectivity index (χ0) is 13.8. The molecule has 1 rings (SSSR count). The molecule has 0 saturated carbocycles. The molecule has 102 valence electrons. The maximum Gasteiger partial charge on any atom is 0.123 e. The van der Waals surface area contributed by atoms with Gasteiger partial charge in [0.05, 0.1) is 13.2 Å². The molecule has 0 heterocycles. The molecule has 0 aliphatic rings. The van der Waals surface area contributed by atoms with Gasteiger partial charge >= 0.3 is 0 Å². The lowest BCUT2D eigenvalue weighted by Crippen LogP contribution is -2.43. The van der Waals surface area contributed by atoms with Crippen LogP contribution in [0, 0.1) is 0 Å². The average molecular weight is 252 g/mol. The van der Waals surface area contributed by atoms with Gasteiger partial charge in [0.1, 0.15) is 5.75 Å². The Balaban J connectivity index is 2.91. The van der Waals surface area contributed by atoms with E-state index < -0.39 is 0 Å². The highest BCUT2D eigenvalue weighted by Gasteiger charge is 2.23. The van der Waals surface area contributed by atoms with E-state index in [1.54, 1.807) is 0 Å². The highest BCUT2D eigenvalue weighted by atomic mass is 16.5. The maximum atomic E-state index is 9.37. The summed E-state index contributed by atoms with van der Waals surface area (Å²) in [6.07, 6.45) is 0. The van der Waals surface area contributed by atoms with Gasteiger partial charge in [-0.25, -0.2) is 0 Å². The Labute approximate surface area is 109 Å². The second-order valence-corrected chi connectivity index (χ2v) is 5.13. The Morgan fingerprint density at radius 1 is 1.39 bits per heavy atom. The van der Waals surface area contributed by atoms with E-state index in [9.17, 15) is 5.11 Å². The van der Waals surface area contributed by atoms with Gasteiger partial charge in [0.15, 0.2) is 0 Å². The van der Waals surface area contributed by atoms with Crippen LogP contribution in [0.2, 0.25) is 0 Å². The molecular formula is C14H24N2O2. The van der Waals surface area contributed by atoms with Crippen LogP contribution in [0.1, 0.15) is 26.3 Å². The summed E-state index contributed by atoms with van der Waals surface area (Å²) in [5.74, 6) is 0.854. The maximum absolute atomic E-state index is 9.37. The van der Waals surface area contributed by atoms with Gasteiger partial charge in [-0.2, -0.15) is 0 Å². The van der Waals surface area contributed by atoms with Crippen LogP contribution in [0.3, 0.4) is 0 Å². The van der Waals surface area contributed by atoms with Crippen LogP contribution < -0.4 is 10.5 Å². The summed E-state index contributed by atoms with van der Waals surface area (Å²) in [6, 6.07) is 5.66. The summed E-state index contributed by atoms with van der Waals surface area (Å²) in [6.45, 7) is 7.38. The number of likely N-dealkylation sites (N-methyl/N-ethyl adjacent to an activating group) is 1. The molecule has 0 saturated heterocycles. The van der Waals surface area contributed by atoms with Crippen molar-refractivity contribution < 1.29 is 9.84 Å². The second kappa shape index (κ2) is 6.07. The number of aliphatic hydroxyl groups is 1. The van der Waals surface area contributed by atoms with Crippen molar-refractivity contribution in [3.8, 4) is 5.75 Å². The normalized spacial score (nSPS) is 11.9. The second-order valence-electron chi connectivity index (χ2n) is 5.13. The number of ether oxygens (including phenoxy) is 1. The Morgan fingerprint density at radius 3 is 2.61 bits per heavy atom. The first kappa shape index (κ1) is 14.8. The molecule has 0 spiro atoms. The number of nitrogens with two attached hydrogens (primary N) is 1. The quantitative estimate of drug-likeness (QED) is 0.759. The predicted molar refractivity (Wildman–Crippen MR) is 74.7 cm³/mol. The van der Waals surface area contributed by atoms with Crippen molar-refractivity contribution in [1.82, 2.24) is 4.90 Å². The molecule has 4 heteroatoms. The van der Waals surface area contributed by atoms with Gasteiger partial charge in [0.25, 0.3) is 0 Å². The molecule has 1 aromatic carbocycles. The van der Waals surface area contributed by atoms with Crippen LogP contribution in [0.5, 0.6) is 5.75 Å². The van der Waals surface area contributed by atoms with Gasteiger partial charge in [-0.15, -0.1) is 0 Å². The number of hydrogen-bond acceptors (Lipinski definition) is 4. The molecule has 0 aliphatic carbocycles. The van der Waals surface area contributed by atoms with Crippen molar-refractivity contribution in [2.45, 2.75) is 32.9 Å². The molecule has 0 radical (unpaired) electrons. The van der Waals surface area contributed by atoms with Crippen molar-refractivity contribution in [3.05, 3.63) is 23.8 Å². The Morgan fingerprint density at radius 2 is 2.06 bits per heavy atom. The van der Waals surface area contributed by atoms with Crippen LogP contribution in [-0.4, -0.2) is 35.8 Å². The summed E-state index contributed by atoms with van der Waals surface area (Å²) in [5, 5.41) is 9.37. The monoisotopic (exact) mass is 252 g/mol. The van der Waals surface area contributed by atoms with E-state index >= 15 is 0 Å². The van der Waals surface area contributed by atoms with Crippen molar-refractivity contribution in [1.29, 1.82) is 0 Å². The zero-order valence-electron chi connectivity index (χ0n) is 11.7. The molecule has 1 aromatic rings. The highest BCUT2D eigenvalue weighted by Crippen LogP contribution is 2.25. The van der Waals surface area contributed by atoms with Crippen LogP contribution in [0.15, 0.2) is 18.2 Å². The highest BCUT2D eigenvalue weighted by molar-refractivity contribution is 5.47. The number of nitrogens with zero attached hydrogens (tertiary/aromatic N) is 1. The molecule has 0 bridgehead atoms.